The predicted molar refractivity (Wildman–Crippen MR) is 118 cm³/mol. The largest absolute Gasteiger partial charge is 0.492 e. The van der Waals surface area contributed by atoms with Crippen LogP contribution >= 0.6 is 23.2 Å². The van der Waals surface area contributed by atoms with Gasteiger partial charge in [-0.25, -0.2) is 0 Å². The maximum Gasteiger partial charge on any atom is 0.228 e. The van der Waals surface area contributed by atoms with Crippen LogP contribution in [0.5, 0.6) is 5.75 Å². The number of nitrogens with one attached hydrogen (secondary N) is 1. The molecule has 0 unspecified atom stereocenters. The molecule has 152 valence electrons. The van der Waals surface area contributed by atoms with E-state index in [9.17, 15) is 4.79 Å². The van der Waals surface area contributed by atoms with Crippen molar-refractivity contribution in [1.82, 2.24) is 4.90 Å². The average Bonchev–Trinajstić information content (AvgIpc) is 2.64. The highest BCUT2D eigenvalue weighted by atomic mass is 35.5. The first-order chi connectivity index (χ1) is 13.4. The fourth-order valence-electron chi connectivity index (χ4n) is 2.74. The van der Waals surface area contributed by atoms with Crippen molar-refractivity contribution in [3.63, 3.8) is 0 Å². The van der Waals surface area contributed by atoms with Crippen molar-refractivity contribution in [2.24, 2.45) is 0 Å². The Hall–Kier alpha value is -1.75. The van der Waals surface area contributed by atoms with E-state index in [1.54, 1.807) is 18.2 Å². The Morgan fingerprint density at radius 2 is 1.93 bits per heavy atom. The van der Waals surface area contributed by atoms with Crippen LogP contribution in [0.4, 0.5) is 5.69 Å². The lowest BCUT2D eigenvalue weighted by Crippen LogP contribution is -2.20. The molecule has 0 heterocycles. The maximum absolute atomic E-state index is 12.5. The Kier molecular flexibility index (Phi) is 9.10. The Morgan fingerprint density at radius 1 is 1.14 bits per heavy atom. The summed E-state index contributed by atoms with van der Waals surface area (Å²) in [5.74, 6) is 0.679. The third kappa shape index (κ3) is 7.01. The van der Waals surface area contributed by atoms with Crippen molar-refractivity contribution in [3.05, 3.63) is 57.6 Å². The van der Waals surface area contributed by atoms with Crippen molar-refractivity contribution >= 4 is 34.8 Å². The number of amides is 1. The summed E-state index contributed by atoms with van der Waals surface area (Å²) in [6.07, 6.45) is 3.34. The van der Waals surface area contributed by atoms with E-state index < -0.39 is 0 Å². The lowest BCUT2D eigenvalue weighted by Gasteiger charge is -2.16. The summed E-state index contributed by atoms with van der Waals surface area (Å²) in [6.45, 7) is 3.60. The summed E-state index contributed by atoms with van der Waals surface area (Å²) in [5.41, 5.74) is 2.58. The Labute approximate surface area is 177 Å². The van der Waals surface area contributed by atoms with Crippen LogP contribution in [-0.4, -0.2) is 38.1 Å². The van der Waals surface area contributed by atoms with Crippen molar-refractivity contribution in [2.45, 2.75) is 32.6 Å². The first kappa shape index (κ1) is 22.5. The molecule has 6 heteroatoms. The highest BCUT2D eigenvalue weighted by molar-refractivity contribution is 6.42. The number of carbonyl (C=O) groups excluding carboxylic acids is 1. The number of nitrogens with zero attached hydrogens (tertiary/aromatic N) is 1. The summed E-state index contributed by atoms with van der Waals surface area (Å²) in [7, 11) is 4.03. The summed E-state index contributed by atoms with van der Waals surface area (Å²) in [4.78, 5) is 14.5. The minimum absolute atomic E-state index is 0.148. The van der Waals surface area contributed by atoms with Gasteiger partial charge in [-0.05, 0) is 50.2 Å². The Morgan fingerprint density at radius 3 is 2.64 bits per heavy atom. The van der Waals surface area contributed by atoms with Crippen LogP contribution < -0.4 is 10.1 Å². The van der Waals surface area contributed by atoms with Gasteiger partial charge >= 0.3 is 0 Å². The number of rotatable bonds is 10. The lowest BCUT2D eigenvalue weighted by atomic mass is 10.1. The number of aryl methyl sites for hydroxylation is 1. The molecule has 0 saturated heterocycles. The Bertz CT molecular complexity index is 794. The first-order valence-corrected chi connectivity index (χ1v) is 10.3. The van der Waals surface area contributed by atoms with Crippen LogP contribution in [-0.2, 0) is 17.6 Å². The van der Waals surface area contributed by atoms with Gasteiger partial charge in [0, 0.05) is 18.3 Å². The quantitative estimate of drug-likeness (QED) is 0.552. The van der Waals surface area contributed by atoms with Crippen LogP contribution in [0.2, 0.25) is 10.0 Å². The molecule has 0 spiro atoms. The molecule has 2 aromatic carbocycles. The monoisotopic (exact) mass is 422 g/mol. The van der Waals surface area contributed by atoms with E-state index in [2.05, 4.69) is 17.1 Å². The van der Waals surface area contributed by atoms with Gasteiger partial charge in [-0.15, -0.1) is 0 Å². The third-order valence-corrected chi connectivity index (χ3v) is 5.19. The molecule has 1 amide bonds. The molecule has 2 rings (SSSR count). The molecule has 0 saturated carbocycles. The highest BCUT2D eigenvalue weighted by Gasteiger charge is 2.12. The summed E-state index contributed by atoms with van der Waals surface area (Å²) >= 11 is 12.2. The zero-order valence-corrected chi connectivity index (χ0v) is 18.2. The minimum Gasteiger partial charge on any atom is -0.492 e. The van der Waals surface area contributed by atoms with Gasteiger partial charge in [0.05, 0.1) is 16.5 Å². The minimum atomic E-state index is -0.148. The van der Waals surface area contributed by atoms with Crippen molar-refractivity contribution < 1.29 is 9.53 Å². The number of likely N-dealkylation sites (N-methyl/N-ethyl adjacent to an activating group) is 1. The number of hydrogen-bond donors (Lipinski definition) is 1. The van der Waals surface area contributed by atoms with E-state index in [1.807, 2.05) is 32.3 Å². The number of ether oxygens (including phenoxy) is 1. The van der Waals surface area contributed by atoms with Crippen molar-refractivity contribution in [3.8, 4) is 5.75 Å². The zero-order chi connectivity index (χ0) is 20.5. The second kappa shape index (κ2) is 11.3. The van der Waals surface area contributed by atoms with E-state index in [1.165, 1.54) is 0 Å². The van der Waals surface area contributed by atoms with E-state index in [0.29, 0.717) is 27.9 Å². The summed E-state index contributed by atoms with van der Waals surface area (Å²) in [6, 6.07) is 11.1. The van der Waals surface area contributed by atoms with Gasteiger partial charge in [0.1, 0.15) is 12.4 Å². The molecule has 0 aliphatic rings. The van der Waals surface area contributed by atoms with Crippen LogP contribution in [0.1, 0.15) is 30.9 Å². The fourth-order valence-corrected chi connectivity index (χ4v) is 3.13. The Balaban J connectivity index is 2.08. The van der Waals surface area contributed by atoms with Gasteiger partial charge in [0.15, 0.2) is 0 Å². The van der Waals surface area contributed by atoms with Gasteiger partial charge in [-0.3, -0.25) is 4.79 Å². The fraction of sp³-hybridized carbons (Fsp3) is 0.409. The van der Waals surface area contributed by atoms with Crippen molar-refractivity contribution in [2.75, 3.05) is 32.6 Å². The standard InChI is InChI=1S/C22H28Cl2N2O2/c1-4-5-7-16-10-11-18(15-20(16)28-13-12-26(2)3)25-21(27)14-17-8-6-9-19(23)22(17)24/h6,8-11,15H,4-5,7,12-14H2,1-3H3,(H,25,27). The van der Waals surface area contributed by atoms with Crippen molar-refractivity contribution in [1.29, 1.82) is 0 Å². The van der Waals surface area contributed by atoms with Gasteiger partial charge in [0.25, 0.3) is 0 Å². The number of anilines is 1. The molecule has 1 N–H and O–H groups in total. The SMILES string of the molecule is CCCCc1ccc(NC(=O)Cc2cccc(Cl)c2Cl)cc1OCCN(C)C. The summed E-state index contributed by atoms with van der Waals surface area (Å²) in [5, 5.41) is 3.80. The molecular weight excluding hydrogens is 395 g/mol. The molecule has 2 aromatic rings. The van der Waals surface area contributed by atoms with E-state index >= 15 is 0 Å². The number of benzene rings is 2. The number of carbonyl (C=O) groups is 1. The van der Waals surface area contributed by atoms with Gasteiger partial charge in [0.2, 0.25) is 5.91 Å². The second-order valence-electron chi connectivity index (χ2n) is 7.02. The second-order valence-corrected chi connectivity index (χ2v) is 7.80. The molecule has 0 bridgehead atoms. The first-order valence-electron chi connectivity index (χ1n) is 9.54. The van der Waals surface area contributed by atoms with Gasteiger partial charge < -0.3 is 15.0 Å². The highest BCUT2D eigenvalue weighted by Crippen LogP contribution is 2.27. The molecule has 0 aliphatic carbocycles. The molecule has 4 nitrogen and oxygen atoms in total. The molecule has 0 atom stereocenters. The molecule has 0 radical (unpaired) electrons. The molecule has 28 heavy (non-hydrogen) atoms. The van der Waals surface area contributed by atoms with E-state index in [4.69, 9.17) is 27.9 Å². The zero-order valence-electron chi connectivity index (χ0n) is 16.7. The number of unbranched alkanes of at least 4 members (excludes halogenated alkanes) is 1. The molecule has 0 fully saturated rings. The van der Waals surface area contributed by atoms with E-state index in [-0.39, 0.29) is 12.3 Å². The van der Waals surface area contributed by atoms with Gasteiger partial charge in [-0.2, -0.15) is 0 Å². The van der Waals surface area contributed by atoms with Gasteiger partial charge in [-0.1, -0.05) is 54.7 Å². The molecular formula is C22H28Cl2N2O2. The van der Waals surface area contributed by atoms with E-state index in [0.717, 1.165) is 37.1 Å². The lowest BCUT2D eigenvalue weighted by molar-refractivity contribution is -0.115. The van der Waals surface area contributed by atoms with Crippen LogP contribution in [0.25, 0.3) is 0 Å². The maximum atomic E-state index is 12.5. The third-order valence-electron chi connectivity index (χ3n) is 4.33. The number of halogens is 2. The summed E-state index contributed by atoms with van der Waals surface area (Å²) < 4.78 is 5.99. The normalized spacial score (nSPS) is 10.9. The predicted octanol–water partition coefficient (Wildman–Crippen LogP) is 5.46. The van der Waals surface area contributed by atoms with Crippen LogP contribution in [0.3, 0.4) is 0 Å². The average molecular weight is 423 g/mol. The number of hydrogen-bond acceptors (Lipinski definition) is 3. The smallest absolute Gasteiger partial charge is 0.228 e. The van der Waals surface area contributed by atoms with Crippen LogP contribution in [0, 0.1) is 0 Å². The topological polar surface area (TPSA) is 41.6 Å². The molecule has 0 aromatic heterocycles. The van der Waals surface area contributed by atoms with Crippen LogP contribution in [0.15, 0.2) is 36.4 Å². The molecule has 0 aliphatic heterocycles.